The molecular weight excluding hydrogens is 300 g/mol. The van der Waals surface area contributed by atoms with Crippen LogP contribution in [0.2, 0.25) is 0 Å². The molecule has 1 unspecified atom stereocenters. The molecule has 122 valence electrons. The van der Waals surface area contributed by atoms with Gasteiger partial charge in [0.1, 0.15) is 0 Å². The van der Waals surface area contributed by atoms with Crippen molar-refractivity contribution in [3.8, 4) is 0 Å². The smallest absolute Gasteiger partial charge is 0.240 e. The normalized spacial score (nSPS) is 23.8. The van der Waals surface area contributed by atoms with Crippen molar-refractivity contribution in [2.45, 2.75) is 38.3 Å². The highest BCUT2D eigenvalue weighted by molar-refractivity contribution is 7.13. The first-order chi connectivity index (χ1) is 10.7. The van der Waals surface area contributed by atoms with Crippen molar-refractivity contribution in [1.82, 2.24) is 14.8 Å². The van der Waals surface area contributed by atoms with Crippen molar-refractivity contribution in [2.75, 3.05) is 38.0 Å². The average Bonchev–Trinajstić information content (AvgIpc) is 3.11. The van der Waals surface area contributed by atoms with Gasteiger partial charge in [-0.3, -0.25) is 14.6 Å². The third-order valence-electron chi connectivity index (χ3n) is 4.23. The van der Waals surface area contributed by atoms with E-state index in [0.29, 0.717) is 18.2 Å². The van der Waals surface area contributed by atoms with Gasteiger partial charge in [0.15, 0.2) is 5.13 Å². The van der Waals surface area contributed by atoms with E-state index < -0.39 is 0 Å². The fourth-order valence-corrected chi connectivity index (χ4v) is 3.86. The number of carbonyl (C=O) groups is 1. The summed E-state index contributed by atoms with van der Waals surface area (Å²) in [5.41, 5.74) is 1.04. The first-order valence-corrected chi connectivity index (χ1v) is 8.94. The molecule has 0 radical (unpaired) electrons. The van der Waals surface area contributed by atoms with Crippen LogP contribution in [0.4, 0.5) is 5.13 Å². The van der Waals surface area contributed by atoms with E-state index in [1.54, 1.807) is 0 Å². The molecule has 0 aliphatic carbocycles. The number of likely N-dealkylation sites (tertiary alicyclic amines) is 2. The summed E-state index contributed by atoms with van der Waals surface area (Å²) in [5, 5.41) is 15.2. The molecule has 0 spiro atoms. The highest BCUT2D eigenvalue weighted by atomic mass is 32.1. The lowest BCUT2D eigenvalue weighted by Gasteiger charge is -2.29. The van der Waals surface area contributed by atoms with E-state index in [2.05, 4.69) is 15.2 Å². The second-order valence-electron chi connectivity index (χ2n) is 6.21. The van der Waals surface area contributed by atoms with E-state index in [1.165, 1.54) is 24.2 Å². The van der Waals surface area contributed by atoms with Gasteiger partial charge in [-0.05, 0) is 45.3 Å². The van der Waals surface area contributed by atoms with Crippen LogP contribution in [0.3, 0.4) is 0 Å². The number of β-amino-alcohol motifs (C(OH)–C–C–N with tert-alkyl or cyclic N) is 1. The topological polar surface area (TPSA) is 68.7 Å². The average molecular weight is 324 g/mol. The lowest BCUT2D eigenvalue weighted by molar-refractivity contribution is -0.118. The molecule has 2 aliphatic rings. The van der Waals surface area contributed by atoms with Crippen LogP contribution in [0, 0.1) is 0 Å². The Morgan fingerprint density at radius 1 is 1.32 bits per heavy atom. The maximum atomic E-state index is 12.1. The molecule has 2 aliphatic heterocycles. The quantitative estimate of drug-likeness (QED) is 0.850. The first-order valence-electron chi connectivity index (χ1n) is 8.06. The fraction of sp³-hybridized carbons (Fsp3) is 0.733. The number of nitrogens with one attached hydrogen (secondary N) is 1. The zero-order valence-corrected chi connectivity index (χ0v) is 13.6. The minimum absolute atomic E-state index is 0.0452. The third-order valence-corrected chi connectivity index (χ3v) is 5.04. The summed E-state index contributed by atoms with van der Waals surface area (Å²) in [6.07, 6.45) is 4.04. The highest BCUT2D eigenvalue weighted by Gasteiger charge is 2.20. The van der Waals surface area contributed by atoms with Crippen LogP contribution >= 0.6 is 11.3 Å². The Labute approximate surface area is 135 Å². The molecule has 7 heteroatoms. The Hall–Kier alpha value is -1.02. The summed E-state index contributed by atoms with van der Waals surface area (Å²) in [6, 6.07) is 0. The molecule has 2 N–H and O–H groups in total. The number of piperidine rings is 1. The van der Waals surface area contributed by atoms with Crippen LogP contribution in [0.1, 0.15) is 31.4 Å². The highest BCUT2D eigenvalue weighted by Crippen LogP contribution is 2.19. The second-order valence-corrected chi connectivity index (χ2v) is 7.06. The minimum Gasteiger partial charge on any atom is -0.392 e. The molecule has 1 aromatic heterocycles. The van der Waals surface area contributed by atoms with Crippen LogP contribution in [-0.2, 0) is 11.3 Å². The summed E-state index contributed by atoms with van der Waals surface area (Å²) >= 11 is 1.49. The van der Waals surface area contributed by atoms with Crippen LogP contribution < -0.4 is 5.32 Å². The van der Waals surface area contributed by atoms with Gasteiger partial charge in [-0.15, -0.1) is 11.3 Å². The zero-order valence-electron chi connectivity index (χ0n) is 12.8. The molecule has 1 amide bonds. The molecule has 6 nitrogen and oxygen atoms in total. The number of anilines is 1. The van der Waals surface area contributed by atoms with E-state index in [4.69, 9.17) is 0 Å². The SMILES string of the molecule is O=C(CN1CCCC(O)C1)Nc1nc(CN2CCCC2)cs1. The number of hydrogen-bond acceptors (Lipinski definition) is 6. The Morgan fingerprint density at radius 2 is 2.09 bits per heavy atom. The number of rotatable bonds is 5. The Balaban J connectivity index is 1.45. The maximum Gasteiger partial charge on any atom is 0.240 e. The van der Waals surface area contributed by atoms with Gasteiger partial charge in [0.2, 0.25) is 5.91 Å². The van der Waals surface area contributed by atoms with Crippen molar-refractivity contribution in [1.29, 1.82) is 0 Å². The van der Waals surface area contributed by atoms with E-state index >= 15 is 0 Å². The molecule has 3 heterocycles. The number of aromatic nitrogens is 1. The van der Waals surface area contributed by atoms with Crippen LogP contribution in [0.5, 0.6) is 0 Å². The summed E-state index contributed by atoms with van der Waals surface area (Å²) in [5.74, 6) is -0.0452. The van der Waals surface area contributed by atoms with Gasteiger partial charge in [-0.25, -0.2) is 4.98 Å². The lowest BCUT2D eigenvalue weighted by Crippen LogP contribution is -2.42. The monoisotopic (exact) mass is 324 g/mol. The van der Waals surface area contributed by atoms with Gasteiger partial charge in [-0.2, -0.15) is 0 Å². The maximum absolute atomic E-state index is 12.1. The van der Waals surface area contributed by atoms with Crippen molar-refractivity contribution >= 4 is 22.4 Å². The molecule has 2 fully saturated rings. The molecule has 0 saturated carbocycles. The largest absolute Gasteiger partial charge is 0.392 e. The van der Waals surface area contributed by atoms with Crippen molar-refractivity contribution < 1.29 is 9.90 Å². The van der Waals surface area contributed by atoms with Gasteiger partial charge in [0, 0.05) is 18.5 Å². The molecule has 3 rings (SSSR count). The van der Waals surface area contributed by atoms with E-state index in [1.807, 2.05) is 10.3 Å². The van der Waals surface area contributed by atoms with E-state index in [-0.39, 0.29) is 12.0 Å². The summed E-state index contributed by atoms with van der Waals surface area (Å²) in [6.45, 7) is 4.98. The molecule has 1 atom stereocenters. The van der Waals surface area contributed by atoms with E-state index in [9.17, 15) is 9.90 Å². The lowest BCUT2D eigenvalue weighted by atomic mass is 10.1. The van der Waals surface area contributed by atoms with Crippen LogP contribution in [0.25, 0.3) is 0 Å². The van der Waals surface area contributed by atoms with Crippen molar-refractivity contribution in [3.05, 3.63) is 11.1 Å². The fourth-order valence-electron chi connectivity index (χ4n) is 3.14. The Morgan fingerprint density at radius 3 is 2.86 bits per heavy atom. The molecule has 0 aromatic carbocycles. The summed E-state index contributed by atoms with van der Waals surface area (Å²) in [7, 11) is 0. The second kappa shape index (κ2) is 7.50. The molecule has 22 heavy (non-hydrogen) atoms. The minimum atomic E-state index is -0.298. The Bertz CT molecular complexity index is 501. The number of aliphatic hydroxyl groups excluding tert-OH is 1. The predicted molar refractivity (Wildman–Crippen MR) is 86.9 cm³/mol. The zero-order chi connectivity index (χ0) is 15.4. The third kappa shape index (κ3) is 4.49. The number of amides is 1. The molecule has 0 bridgehead atoms. The number of nitrogens with zero attached hydrogens (tertiary/aromatic N) is 3. The van der Waals surface area contributed by atoms with Crippen molar-refractivity contribution in [3.63, 3.8) is 0 Å². The number of hydrogen-bond donors (Lipinski definition) is 2. The number of aliphatic hydroxyl groups is 1. The van der Waals surface area contributed by atoms with Crippen LogP contribution in [0.15, 0.2) is 5.38 Å². The number of carbonyl (C=O) groups excluding carboxylic acids is 1. The van der Waals surface area contributed by atoms with Crippen LogP contribution in [-0.4, -0.2) is 64.6 Å². The van der Waals surface area contributed by atoms with Crippen molar-refractivity contribution in [2.24, 2.45) is 0 Å². The standard InChI is InChI=1S/C15H24N4O2S/c20-13-4-3-7-19(9-13)10-14(21)17-15-16-12(11-22-15)8-18-5-1-2-6-18/h11,13,20H,1-10H2,(H,16,17,21). The van der Waals surface area contributed by atoms with Gasteiger partial charge in [0.25, 0.3) is 0 Å². The predicted octanol–water partition coefficient (Wildman–Crippen LogP) is 1.13. The molecule has 2 saturated heterocycles. The molecule has 1 aromatic rings. The van der Waals surface area contributed by atoms with Gasteiger partial charge < -0.3 is 10.4 Å². The summed E-state index contributed by atoms with van der Waals surface area (Å²) < 4.78 is 0. The van der Waals surface area contributed by atoms with E-state index in [0.717, 1.165) is 44.7 Å². The van der Waals surface area contributed by atoms with Gasteiger partial charge in [-0.1, -0.05) is 0 Å². The number of thiazole rings is 1. The summed E-state index contributed by atoms with van der Waals surface area (Å²) in [4.78, 5) is 21.0. The molecular formula is C15H24N4O2S. The Kier molecular flexibility index (Phi) is 5.41. The van der Waals surface area contributed by atoms with Gasteiger partial charge >= 0.3 is 0 Å². The van der Waals surface area contributed by atoms with Gasteiger partial charge in [0.05, 0.1) is 18.3 Å². The first kappa shape index (κ1) is 15.9.